The monoisotopic (exact) mass is 652 g/mol. The highest BCUT2D eigenvalue weighted by Crippen LogP contribution is 2.54. The molecule has 1 N–H and O–H groups in total. The lowest BCUT2D eigenvalue weighted by Crippen LogP contribution is -2.46. The van der Waals surface area contributed by atoms with Crippen molar-refractivity contribution in [2.24, 2.45) is 0 Å². The number of piperidine rings is 1. The van der Waals surface area contributed by atoms with E-state index in [1.807, 2.05) is 0 Å². The smallest absolute Gasteiger partial charge is 0.218 e. The molecule has 0 bridgehead atoms. The van der Waals surface area contributed by atoms with E-state index >= 15 is 0 Å². The van der Waals surface area contributed by atoms with Crippen LogP contribution < -0.4 is 4.72 Å². The molecule has 42 heavy (non-hydrogen) atoms. The first-order valence-electron chi connectivity index (χ1n) is 13.8. The maximum Gasteiger partial charge on any atom is 0.243 e. The minimum absolute atomic E-state index is 0.101. The molecule has 8 nitrogen and oxygen atoms in total. The highest BCUT2D eigenvalue weighted by atomic mass is 35.5. The van der Waals surface area contributed by atoms with Crippen molar-refractivity contribution in [3.05, 3.63) is 82.6 Å². The van der Waals surface area contributed by atoms with Crippen LogP contribution in [-0.4, -0.2) is 48.7 Å². The fourth-order valence-corrected chi connectivity index (χ4v) is 11.9. The van der Waals surface area contributed by atoms with Crippen LogP contribution in [-0.2, 0) is 35.3 Å². The van der Waals surface area contributed by atoms with E-state index in [0.717, 1.165) is 31.4 Å². The Kier molecular flexibility index (Phi) is 7.55. The molecule has 2 fully saturated rings. The van der Waals surface area contributed by atoms with Gasteiger partial charge in [0, 0.05) is 24.5 Å². The van der Waals surface area contributed by atoms with Gasteiger partial charge in [-0.1, -0.05) is 55.1 Å². The molecule has 0 radical (unpaired) electrons. The number of sulfone groups is 1. The summed E-state index contributed by atoms with van der Waals surface area (Å²) in [5.74, 6) is -0.684. The van der Waals surface area contributed by atoms with Crippen molar-refractivity contribution in [1.29, 1.82) is 0 Å². The first-order valence-corrected chi connectivity index (χ1v) is 18.6. The van der Waals surface area contributed by atoms with Crippen LogP contribution in [0.1, 0.15) is 56.1 Å². The molecule has 1 spiro atoms. The normalized spacial score (nSPS) is 20.6. The number of nitrogens with one attached hydrogen (secondary N) is 1. The standard InChI is InChI=1S/C29H30ClFN2O6S3/c30-25-18-24-27(40(34,35)26-17-20(31)9-10-23(26)29(24)13-5-2-6-14-29)19-28(25)41(36,37)32-21-11-15-33(16-12-21)42(38,39)22-7-3-1-4-8-22/h1,3-4,7-10,17-19,21,32H,2,5-6,11-16H2. The van der Waals surface area contributed by atoms with Crippen molar-refractivity contribution < 1.29 is 29.6 Å². The van der Waals surface area contributed by atoms with Gasteiger partial charge in [-0.15, -0.1) is 0 Å². The minimum atomic E-state index is -4.30. The maximum absolute atomic E-state index is 14.3. The van der Waals surface area contributed by atoms with Gasteiger partial charge in [-0.3, -0.25) is 0 Å². The lowest BCUT2D eigenvalue weighted by Gasteiger charge is -2.43. The number of fused-ring (bicyclic) bond motifs is 4. The van der Waals surface area contributed by atoms with Gasteiger partial charge in [0.05, 0.1) is 19.7 Å². The van der Waals surface area contributed by atoms with Gasteiger partial charge in [0.25, 0.3) is 0 Å². The van der Waals surface area contributed by atoms with Crippen molar-refractivity contribution in [3.8, 4) is 0 Å². The second-order valence-electron chi connectivity index (χ2n) is 11.2. The molecule has 6 rings (SSSR count). The first-order chi connectivity index (χ1) is 19.9. The molecule has 2 aliphatic heterocycles. The summed E-state index contributed by atoms with van der Waals surface area (Å²) >= 11 is 6.60. The van der Waals surface area contributed by atoms with Crippen molar-refractivity contribution >= 4 is 41.5 Å². The Bertz CT molecular complexity index is 1870. The topological polar surface area (TPSA) is 118 Å². The summed E-state index contributed by atoms with van der Waals surface area (Å²) in [4.78, 5) is -0.515. The van der Waals surface area contributed by atoms with Gasteiger partial charge in [0.2, 0.25) is 29.9 Å². The van der Waals surface area contributed by atoms with Crippen LogP contribution in [0.4, 0.5) is 4.39 Å². The first kappa shape index (κ1) is 29.7. The predicted octanol–water partition coefficient (Wildman–Crippen LogP) is 5.01. The molecule has 0 amide bonds. The number of sulfonamides is 2. The lowest BCUT2D eigenvalue weighted by molar-refractivity contribution is 0.308. The van der Waals surface area contributed by atoms with Crippen molar-refractivity contribution in [3.63, 3.8) is 0 Å². The Balaban J connectivity index is 1.31. The third-order valence-corrected chi connectivity index (χ3v) is 14.5. The lowest BCUT2D eigenvalue weighted by atomic mass is 9.65. The summed E-state index contributed by atoms with van der Waals surface area (Å²) in [5.41, 5.74) is 0.265. The Labute approximate surface area is 250 Å². The number of rotatable bonds is 5. The predicted molar refractivity (Wildman–Crippen MR) is 156 cm³/mol. The Morgan fingerprint density at radius 2 is 1.50 bits per heavy atom. The van der Waals surface area contributed by atoms with Gasteiger partial charge in [-0.05, 0) is 73.2 Å². The van der Waals surface area contributed by atoms with Gasteiger partial charge < -0.3 is 0 Å². The zero-order chi connectivity index (χ0) is 29.9. The van der Waals surface area contributed by atoms with E-state index in [4.69, 9.17) is 11.6 Å². The van der Waals surface area contributed by atoms with Gasteiger partial charge in [-0.2, -0.15) is 4.31 Å². The van der Waals surface area contributed by atoms with E-state index in [0.29, 0.717) is 24.0 Å². The van der Waals surface area contributed by atoms with Crippen LogP contribution >= 0.6 is 11.6 Å². The number of halogens is 2. The van der Waals surface area contributed by atoms with Crippen LogP contribution in [0.15, 0.2) is 80.2 Å². The number of nitrogens with zero attached hydrogens (tertiary/aromatic N) is 1. The molecular weight excluding hydrogens is 623 g/mol. The Morgan fingerprint density at radius 3 is 2.17 bits per heavy atom. The fraction of sp³-hybridized carbons (Fsp3) is 0.379. The molecule has 3 aromatic rings. The van der Waals surface area contributed by atoms with Gasteiger partial charge >= 0.3 is 0 Å². The molecule has 13 heteroatoms. The molecule has 224 valence electrons. The van der Waals surface area contributed by atoms with Gasteiger partial charge in [-0.25, -0.2) is 34.4 Å². The molecule has 1 saturated carbocycles. The molecule has 3 aliphatic rings. The van der Waals surface area contributed by atoms with Gasteiger partial charge in [0.1, 0.15) is 10.7 Å². The van der Waals surface area contributed by atoms with E-state index in [1.165, 1.54) is 34.6 Å². The van der Waals surface area contributed by atoms with Crippen molar-refractivity contribution in [1.82, 2.24) is 9.03 Å². The molecule has 0 aromatic heterocycles. The van der Waals surface area contributed by atoms with Crippen molar-refractivity contribution in [2.75, 3.05) is 13.1 Å². The highest BCUT2D eigenvalue weighted by molar-refractivity contribution is 7.92. The molecule has 2 heterocycles. The van der Waals surface area contributed by atoms with E-state index in [2.05, 4.69) is 4.72 Å². The van der Waals surface area contributed by atoms with Crippen LogP contribution in [0.3, 0.4) is 0 Å². The average Bonchev–Trinajstić information content (AvgIpc) is 2.97. The molecule has 1 saturated heterocycles. The summed E-state index contributed by atoms with van der Waals surface area (Å²) in [6.07, 6.45) is 4.39. The summed E-state index contributed by atoms with van der Waals surface area (Å²) in [6.45, 7) is 0.225. The Morgan fingerprint density at radius 1 is 0.857 bits per heavy atom. The highest BCUT2D eigenvalue weighted by Gasteiger charge is 2.48. The molecule has 1 aliphatic carbocycles. The van der Waals surface area contributed by atoms with Crippen LogP contribution in [0.25, 0.3) is 0 Å². The quantitative estimate of drug-likeness (QED) is 0.414. The third-order valence-electron chi connectivity index (χ3n) is 8.74. The Hall–Kier alpha value is -2.35. The molecular formula is C29H30ClFN2O6S3. The van der Waals surface area contributed by atoms with Crippen LogP contribution in [0.5, 0.6) is 0 Å². The van der Waals surface area contributed by atoms with E-state index in [1.54, 1.807) is 18.2 Å². The van der Waals surface area contributed by atoms with E-state index in [-0.39, 0.29) is 50.5 Å². The second kappa shape index (κ2) is 10.7. The zero-order valence-corrected chi connectivity index (χ0v) is 25.8. The van der Waals surface area contributed by atoms with Crippen molar-refractivity contribution in [2.45, 2.75) is 76.0 Å². The largest absolute Gasteiger partial charge is 0.243 e. The summed E-state index contributed by atoms with van der Waals surface area (Å²) in [6, 6.07) is 13.8. The summed E-state index contributed by atoms with van der Waals surface area (Å²) < 4.78 is 99.0. The zero-order valence-electron chi connectivity index (χ0n) is 22.6. The molecule has 3 aromatic carbocycles. The molecule has 0 atom stereocenters. The van der Waals surface area contributed by atoms with Gasteiger partial charge in [0.15, 0.2) is 0 Å². The van der Waals surface area contributed by atoms with Crippen LogP contribution in [0.2, 0.25) is 5.02 Å². The second-order valence-corrected chi connectivity index (χ2v) is 17.1. The molecule has 0 unspecified atom stereocenters. The van der Waals surface area contributed by atoms with E-state index in [9.17, 15) is 29.6 Å². The number of benzene rings is 3. The summed E-state index contributed by atoms with van der Waals surface area (Å²) in [7, 11) is -12.3. The number of hydrogen-bond acceptors (Lipinski definition) is 6. The van der Waals surface area contributed by atoms with E-state index < -0.39 is 47.2 Å². The van der Waals surface area contributed by atoms with Crippen LogP contribution in [0, 0.1) is 5.82 Å². The fourth-order valence-electron chi connectivity index (χ4n) is 6.65. The minimum Gasteiger partial charge on any atom is -0.218 e. The third kappa shape index (κ3) is 4.89. The summed E-state index contributed by atoms with van der Waals surface area (Å²) in [5, 5.41) is -0.101. The average molecular weight is 653 g/mol. The number of hydrogen-bond donors (Lipinski definition) is 1. The maximum atomic E-state index is 14.3. The SMILES string of the molecule is O=S(=O)(NC1CCN(S(=O)(=O)c2ccccc2)CC1)c1cc2c(cc1Cl)C1(CCCCC1)c1ccc(F)cc1S2(=O)=O.